The van der Waals surface area contributed by atoms with Gasteiger partial charge in [-0.05, 0) is 43.7 Å². The van der Waals surface area contributed by atoms with Gasteiger partial charge in [0.15, 0.2) is 0 Å². The first kappa shape index (κ1) is 13.8. The fraction of sp³-hybridized carbons (Fsp3) is 0.600. The third-order valence-corrected chi connectivity index (χ3v) is 4.55. The van der Waals surface area contributed by atoms with Crippen LogP contribution in [-0.4, -0.2) is 34.5 Å². The average molecular weight is 290 g/mol. The van der Waals surface area contributed by atoms with E-state index in [9.17, 15) is 0 Å². The monoisotopic (exact) mass is 290 g/mol. The molecule has 2 heterocycles. The highest BCUT2D eigenvalue weighted by atomic mass is 32.1. The molecule has 0 aromatic carbocycles. The lowest BCUT2D eigenvalue weighted by Gasteiger charge is -2.19. The second-order valence-corrected chi connectivity index (χ2v) is 6.32. The first-order valence-electron chi connectivity index (χ1n) is 7.50. The predicted molar refractivity (Wildman–Crippen MR) is 85.3 cm³/mol. The van der Waals surface area contributed by atoms with E-state index in [4.69, 9.17) is 9.97 Å². The molecule has 0 amide bonds. The van der Waals surface area contributed by atoms with Crippen LogP contribution in [0.4, 0.5) is 5.82 Å². The minimum Gasteiger partial charge on any atom is -0.370 e. The van der Waals surface area contributed by atoms with E-state index in [-0.39, 0.29) is 0 Å². The molecule has 2 aromatic rings. The fourth-order valence-corrected chi connectivity index (χ4v) is 3.23. The van der Waals surface area contributed by atoms with Crippen LogP contribution in [0, 0.1) is 5.92 Å². The van der Waals surface area contributed by atoms with Crippen molar-refractivity contribution in [2.75, 3.05) is 25.0 Å². The predicted octanol–water partition coefficient (Wildman–Crippen LogP) is 3.36. The van der Waals surface area contributed by atoms with Crippen LogP contribution in [-0.2, 0) is 6.54 Å². The van der Waals surface area contributed by atoms with E-state index in [2.05, 4.69) is 35.5 Å². The SMILES string of the molecule is CCNc1nc(CN(CC)CC2CC2)nc2sccc12. The molecule has 1 N–H and O–H groups in total. The summed E-state index contributed by atoms with van der Waals surface area (Å²) in [5.41, 5.74) is 0. The summed E-state index contributed by atoms with van der Waals surface area (Å²) < 4.78 is 0. The molecular formula is C15H22N4S. The molecule has 20 heavy (non-hydrogen) atoms. The summed E-state index contributed by atoms with van der Waals surface area (Å²) in [4.78, 5) is 13.0. The summed E-state index contributed by atoms with van der Waals surface area (Å²) in [5.74, 6) is 2.84. The lowest BCUT2D eigenvalue weighted by atomic mass is 10.3. The van der Waals surface area contributed by atoms with Gasteiger partial charge in [0, 0.05) is 13.1 Å². The minimum absolute atomic E-state index is 0.860. The van der Waals surface area contributed by atoms with E-state index in [1.54, 1.807) is 11.3 Å². The number of thiophene rings is 1. The molecule has 2 aromatic heterocycles. The van der Waals surface area contributed by atoms with Gasteiger partial charge >= 0.3 is 0 Å². The summed E-state index contributed by atoms with van der Waals surface area (Å²) in [7, 11) is 0. The number of nitrogens with one attached hydrogen (secondary N) is 1. The number of rotatable bonds is 7. The average Bonchev–Trinajstić information content (AvgIpc) is 3.13. The van der Waals surface area contributed by atoms with E-state index in [0.29, 0.717) is 0 Å². The lowest BCUT2D eigenvalue weighted by Crippen LogP contribution is -2.26. The fourth-order valence-electron chi connectivity index (χ4n) is 2.44. The Morgan fingerprint density at radius 1 is 1.35 bits per heavy atom. The molecule has 1 fully saturated rings. The van der Waals surface area contributed by atoms with E-state index in [1.165, 1.54) is 19.4 Å². The van der Waals surface area contributed by atoms with Crippen molar-refractivity contribution in [1.82, 2.24) is 14.9 Å². The van der Waals surface area contributed by atoms with Crippen LogP contribution < -0.4 is 5.32 Å². The molecule has 3 rings (SSSR count). The van der Waals surface area contributed by atoms with Crippen LogP contribution in [0.2, 0.25) is 0 Å². The third kappa shape index (κ3) is 3.10. The quantitative estimate of drug-likeness (QED) is 0.849. The van der Waals surface area contributed by atoms with Crippen LogP contribution in [0.1, 0.15) is 32.5 Å². The van der Waals surface area contributed by atoms with Crippen molar-refractivity contribution in [3.63, 3.8) is 0 Å². The second-order valence-electron chi connectivity index (χ2n) is 5.43. The molecule has 0 radical (unpaired) electrons. The Kier molecular flexibility index (Phi) is 4.17. The Morgan fingerprint density at radius 2 is 2.20 bits per heavy atom. The molecule has 1 saturated carbocycles. The Balaban J connectivity index is 1.82. The maximum Gasteiger partial charge on any atom is 0.146 e. The minimum atomic E-state index is 0.860. The summed E-state index contributed by atoms with van der Waals surface area (Å²) >= 11 is 1.69. The van der Waals surface area contributed by atoms with E-state index in [1.807, 2.05) is 0 Å². The zero-order valence-electron chi connectivity index (χ0n) is 12.2. The van der Waals surface area contributed by atoms with E-state index >= 15 is 0 Å². The number of hydrogen-bond acceptors (Lipinski definition) is 5. The lowest BCUT2D eigenvalue weighted by molar-refractivity contribution is 0.262. The maximum absolute atomic E-state index is 4.72. The van der Waals surface area contributed by atoms with E-state index in [0.717, 1.165) is 47.4 Å². The molecule has 0 spiro atoms. The second kappa shape index (κ2) is 6.06. The zero-order valence-corrected chi connectivity index (χ0v) is 13.0. The van der Waals surface area contributed by atoms with E-state index < -0.39 is 0 Å². The van der Waals surface area contributed by atoms with Crippen LogP contribution in [0.3, 0.4) is 0 Å². The smallest absolute Gasteiger partial charge is 0.146 e. The van der Waals surface area contributed by atoms with Gasteiger partial charge in [0.1, 0.15) is 16.5 Å². The van der Waals surface area contributed by atoms with Crippen LogP contribution >= 0.6 is 11.3 Å². The molecule has 108 valence electrons. The van der Waals surface area contributed by atoms with Gasteiger partial charge in [-0.3, -0.25) is 4.90 Å². The molecule has 0 atom stereocenters. The van der Waals surface area contributed by atoms with Crippen molar-refractivity contribution >= 4 is 27.4 Å². The summed E-state index contributed by atoms with van der Waals surface area (Å²) in [6, 6.07) is 2.10. The molecule has 5 heteroatoms. The van der Waals surface area contributed by atoms with Gasteiger partial charge < -0.3 is 5.32 Å². The molecular weight excluding hydrogens is 268 g/mol. The number of nitrogens with zero attached hydrogens (tertiary/aromatic N) is 3. The summed E-state index contributed by atoms with van der Waals surface area (Å²) in [5, 5.41) is 6.59. The molecule has 0 saturated heterocycles. The van der Waals surface area contributed by atoms with Crippen molar-refractivity contribution < 1.29 is 0 Å². The van der Waals surface area contributed by atoms with Gasteiger partial charge in [0.05, 0.1) is 11.9 Å². The standard InChI is InChI=1S/C15H22N4S/c1-3-16-14-12-7-8-20-15(12)18-13(17-14)10-19(4-2)9-11-5-6-11/h7-8,11H,3-6,9-10H2,1-2H3,(H,16,17,18). The topological polar surface area (TPSA) is 41.1 Å². The third-order valence-electron chi connectivity index (χ3n) is 3.74. The van der Waals surface area contributed by atoms with Crippen molar-refractivity contribution in [3.8, 4) is 0 Å². The van der Waals surface area contributed by atoms with Crippen LogP contribution in [0.25, 0.3) is 10.2 Å². The van der Waals surface area contributed by atoms with Gasteiger partial charge in [-0.15, -0.1) is 11.3 Å². The first-order chi connectivity index (χ1) is 9.80. The normalized spacial score (nSPS) is 15.2. The molecule has 1 aliphatic rings. The molecule has 0 aliphatic heterocycles. The van der Waals surface area contributed by atoms with Crippen molar-refractivity contribution in [1.29, 1.82) is 0 Å². The molecule has 1 aliphatic carbocycles. The van der Waals surface area contributed by atoms with Crippen LogP contribution in [0.15, 0.2) is 11.4 Å². The Labute approximate surface area is 124 Å². The zero-order chi connectivity index (χ0) is 13.9. The van der Waals surface area contributed by atoms with Gasteiger partial charge in [-0.2, -0.15) is 0 Å². The molecule has 0 bridgehead atoms. The molecule has 4 nitrogen and oxygen atoms in total. The van der Waals surface area contributed by atoms with Crippen molar-refractivity contribution in [2.45, 2.75) is 33.2 Å². The Hall–Kier alpha value is -1.20. The van der Waals surface area contributed by atoms with Crippen molar-refractivity contribution in [2.24, 2.45) is 5.92 Å². The van der Waals surface area contributed by atoms with Gasteiger partial charge in [0.25, 0.3) is 0 Å². The van der Waals surface area contributed by atoms with Crippen molar-refractivity contribution in [3.05, 3.63) is 17.3 Å². The largest absolute Gasteiger partial charge is 0.370 e. The number of aromatic nitrogens is 2. The highest BCUT2D eigenvalue weighted by molar-refractivity contribution is 7.16. The Morgan fingerprint density at radius 3 is 2.90 bits per heavy atom. The van der Waals surface area contributed by atoms with Gasteiger partial charge in [0.2, 0.25) is 0 Å². The number of anilines is 1. The van der Waals surface area contributed by atoms with Gasteiger partial charge in [-0.1, -0.05) is 6.92 Å². The van der Waals surface area contributed by atoms with Crippen LogP contribution in [0.5, 0.6) is 0 Å². The summed E-state index contributed by atoms with van der Waals surface area (Å²) in [6.45, 7) is 8.33. The van der Waals surface area contributed by atoms with Gasteiger partial charge in [-0.25, -0.2) is 9.97 Å². The highest BCUT2D eigenvalue weighted by Gasteiger charge is 2.24. The number of fused-ring (bicyclic) bond motifs is 1. The number of hydrogen-bond donors (Lipinski definition) is 1. The Bertz CT molecular complexity index is 576. The highest BCUT2D eigenvalue weighted by Crippen LogP contribution is 2.30. The molecule has 0 unspecified atom stereocenters. The summed E-state index contributed by atoms with van der Waals surface area (Å²) in [6.07, 6.45) is 2.79. The first-order valence-corrected chi connectivity index (χ1v) is 8.38. The maximum atomic E-state index is 4.72.